The van der Waals surface area contributed by atoms with Crippen LogP contribution in [0.2, 0.25) is 0 Å². The van der Waals surface area contributed by atoms with Gasteiger partial charge in [-0.25, -0.2) is 9.67 Å². The molecule has 2 aromatic heterocycles. The molecule has 2 aliphatic rings. The molecule has 0 N–H and O–H groups in total. The molecule has 0 bridgehead atoms. The van der Waals surface area contributed by atoms with Gasteiger partial charge in [0.15, 0.2) is 11.6 Å². The van der Waals surface area contributed by atoms with Crippen molar-refractivity contribution < 1.29 is 14.2 Å². The molecule has 3 aromatic rings. The van der Waals surface area contributed by atoms with E-state index in [1.165, 1.54) is 0 Å². The van der Waals surface area contributed by atoms with E-state index in [9.17, 15) is 0 Å². The van der Waals surface area contributed by atoms with E-state index in [1.54, 1.807) is 18.1 Å². The standard InChI is InChI=1S/C21H25N7O3/c1-29-17-5-3-2-4-16(17)20-22-15-28(25-20)19-14-18(26-6-10-30-11-7-26)23-21(24-19)27-8-12-31-13-9-27/h2-5,14-15H,6-13H2,1H3. The highest BCUT2D eigenvalue weighted by Crippen LogP contribution is 2.27. The molecule has 162 valence electrons. The Bertz CT molecular complexity index is 993. The van der Waals surface area contributed by atoms with E-state index in [1.807, 2.05) is 30.3 Å². The van der Waals surface area contributed by atoms with Crippen LogP contribution >= 0.6 is 0 Å². The van der Waals surface area contributed by atoms with Gasteiger partial charge in [0.2, 0.25) is 5.95 Å². The highest BCUT2D eigenvalue weighted by molar-refractivity contribution is 5.63. The van der Waals surface area contributed by atoms with Crippen molar-refractivity contribution in [1.29, 1.82) is 0 Å². The molecule has 0 radical (unpaired) electrons. The molecule has 2 saturated heterocycles. The summed E-state index contributed by atoms with van der Waals surface area (Å²) >= 11 is 0. The minimum atomic E-state index is 0.580. The van der Waals surface area contributed by atoms with Gasteiger partial charge in [0, 0.05) is 32.2 Å². The van der Waals surface area contributed by atoms with Crippen LogP contribution in [0, 0.1) is 0 Å². The molecule has 0 spiro atoms. The van der Waals surface area contributed by atoms with Crippen LogP contribution in [0.1, 0.15) is 0 Å². The van der Waals surface area contributed by atoms with Gasteiger partial charge in [-0.2, -0.15) is 9.97 Å². The minimum Gasteiger partial charge on any atom is -0.496 e. The molecule has 5 rings (SSSR count). The molecule has 0 unspecified atom stereocenters. The van der Waals surface area contributed by atoms with Crippen molar-refractivity contribution in [2.24, 2.45) is 0 Å². The lowest BCUT2D eigenvalue weighted by Gasteiger charge is -2.31. The lowest BCUT2D eigenvalue weighted by Crippen LogP contribution is -2.39. The largest absolute Gasteiger partial charge is 0.496 e. The normalized spacial score (nSPS) is 17.1. The maximum Gasteiger partial charge on any atom is 0.229 e. The first-order chi connectivity index (χ1) is 15.3. The van der Waals surface area contributed by atoms with Crippen molar-refractivity contribution in [1.82, 2.24) is 24.7 Å². The molecule has 10 nitrogen and oxygen atoms in total. The van der Waals surface area contributed by atoms with Crippen LogP contribution in [-0.4, -0.2) is 84.4 Å². The third-order valence-corrected chi connectivity index (χ3v) is 5.39. The lowest BCUT2D eigenvalue weighted by molar-refractivity contribution is 0.121. The van der Waals surface area contributed by atoms with E-state index in [2.05, 4.69) is 19.9 Å². The number of anilines is 2. The van der Waals surface area contributed by atoms with E-state index in [0.29, 0.717) is 44.0 Å². The second kappa shape index (κ2) is 8.86. The average Bonchev–Trinajstić information content (AvgIpc) is 3.35. The van der Waals surface area contributed by atoms with E-state index in [4.69, 9.17) is 24.2 Å². The van der Waals surface area contributed by atoms with Gasteiger partial charge in [-0.3, -0.25) is 0 Å². The summed E-state index contributed by atoms with van der Waals surface area (Å²) in [5, 5.41) is 4.68. The third-order valence-electron chi connectivity index (χ3n) is 5.39. The lowest BCUT2D eigenvalue weighted by atomic mass is 10.2. The fraction of sp³-hybridized carbons (Fsp3) is 0.429. The molecule has 1 aromatic carbocycles. The fourth-order valence-electron chi connectivity index (χ4n) is 3.71. The van der Waals surface area contributed by atoms with Crippen LogP contribution in [0.25, 0.3) is 17.2 Å². The molecule has 0 atom stereocenters. The fourth-order valence-corrected chi connectivity index (χ4v) is 3.71. The molecule has 2 aliphatic heterocycles. The van der Waals surface area contributed by atoms with Crippen LogP contribution in [-0.2, 0) is 9.47 Å². The predicted octanol–water partition coefficient (Wildman–Crippen LogP) is 1.41. The highest BCUT2D eigenvalue weighted by Gasteiger charge is 2.21. The summed E-state index contributed by atoms with van der Waals surface area (Å²) in [6, 6.07) is 9.66. The Hall–Kier alpha value is -3.24. The summed E-state index contributed by atoms with van der Waals surface area (Å²) < 4.78 is 18.2. The maximum absolute atomic E-state index is 5.51. The van der Waals surface area contributed by atoms with Gasteiger partial charge in [0.1, 0.15) is 17.9 Å². The summed E-state index contributed by atoms with van der Waals surface area (Å²) in [5.41, 5.74) is 0.833. The molecule has 0 saturated carbocycles. The molecule has 31 heavy (non-hydrogen) atoms. The van der Waals surface area contributed by atoms with Gasteiger partial charge in [-0.15, -0.1) is 5.10 Å². The van der Waals surface area contributed by atoms with E-state index >= 15 is 0 Å². The van der Waals surface area contributed by atoms with E-state index in [-0.39, 0.29) is 0 Å². The zero-order valence-electron chi connectivity index (χ0n) is 17.5. The first kappa shape index (κ1) is 19.7. The number of benzene rings is 1. The van der Waals surface area contributed by atoms with Crippen molar-refractivity contribution in [2.45, 2.75) is 0 Å². The second-order valence-electron chi connectivity index (χ2n) is 7.30. The number of morpholine rings is 2. The van der Waals surface area contributed by atoms with Crippen molar-refractivity contribution in [3.05, 3.63) is 36.7 Å². The van der Waals surface area contributed by atoms with Crippen molar-refractivity contribution >= 4 is 11.8 Å². The van der Waals surface area contributed by atoms with Crippen LogP contribution in [0.5, 0.6) is 5.75 Å². The Kier molecular flexibility index (Phi) is 5.63. The minimum absolute atomic E-state index is 0.580. The molecule has 0 aliphatic carbocycles. The number of methoxy groups -OCH3 is 1. The Morgan fingerprint density at radius 2 is 1.55 bits per heavy atom. The zero-order valence-corrected chi connectivity index (χ0v) is 17.5. The van der Waals surface area contributed by atoms with E-state index < -0.39 is 0 Å². The van der Waals surface area contributed by atoms with Gasteiger partial charge in [-0.1, -0.05) is 12.1 Å². The Balaban J connectivity index is 1.52. The second-order valence-corrected chi connectivity index (χ2v) is 7.30. The first-order valence-electron chi connectivity index (χ1n) is 10.4. The SMILES string of the molecule is COc1ccccc1-c1ncn(-c2cc(N3CCOCC3)nc(N3CCOCC3)n2)n1. The van der Waals surface area contributed by atoms with Gasteiger partial charge in [0.05, 0.1) is 39.1 Å². The molecule has 10 heteroatoms. The number of ether oxygens (including phenoxy) is 3. The molecular formula is C21H25N7O3. The first-order valence-corrected chi connectivity index (χ1v) is 10.4. The summed E-state index contributed by atoms with van der Waals surface area (Å²) in [5.74, 6) is 3.52. The molecule has 0 amide bonds. The number of hydrogen-bond donors (Lipinski definition) is 0. The quantitative estimate of drug-likeness (QED) is 0.604. The Labute approximate surface area is 180 Å². The van der Waals surface area contributed by atoms with Crippen LogP contribution in [0.3, 0.4) is 0 Å². The number of aromatic nitrogens is 5. The summed E-state index contributed by atoms with van der Waals surface area (Å²) in [7, 11) is 1.64. The van der Waals surface area contributed by atoms with Crippen LogP contribution in [0.4, 0.5) is 11.8 Å². The molecular weight excluding hydrogens is 398 g/mol. The Morgan fingerprint density at radius 3 is 2.29 bits per heavy atom. The number of nitrogens with zero attached hydrogens (tertiary/aromatic N) is 7. The molecule has 4 heterocycles. The maximum atomic E-state index is 5.51. The summed E-state index contributed by atoms with van der Waals surface area (Å²) in [6.07, 6.45) is 1.68. The third kappa shape index (κ3) is 4.17. The predicted molar refractivity (Wildman–Crippen MR) is 115 cm³/mol. The van der Waals surface area contributed by atoms with Gasteiger partial charge < -0.3 is 24.0 Å². The van der Waals surface area contributed by atoms with Gasteiger partial charge in [-0.05, 0) is 12.1 Å². The summed E-state index contributed by atoms with van der Waals surface area (Å²) in [4.78, 5) is 18.5. The van der Waals surface area contributed by atoms with Gasteiger partial charge >= 0.3 is 0 Å². The number of rotatable bonds is 5. The highest BCUT2D eigenvalue weighted by atomic mass is 16.5. The Morgan fingerprint density at radius 1 is 0.871 bits per heavy atom. The van der Waals surface area contributed by atoms with Crippen molar-refractivity contribution in [3.8, 4) is 23.0 Å². The average molecular weight is 423 g/mol. The number of para-hydroxylation sites is 1. The van der Waals surface area contributed by atoms with Crippen LogP contribution < -0.4 is 14.5 Å². The smallest absolute Gasteiger partial charge is 0.229 e. The summed E-state index contributed by atoms with van der Waals surface area (Å²) in [6.45, 7) is 5.82. The zero-order chi connectivity index (χ0) is 21.0. The van der Waals surface area contributed by atoms with Crippen molar-refractivity contribution in [3.63, 3.8) is 0 Å². The monoisotopic (exact) mass is 423 g/mol. The van der Waals surface area contributed by atoms with Crippen molar-refractivity contribution in [2.75, 3.05) is 69.5 Å². The molecule has 2 fully saturated rings. The number of hydrogen-bond acceptors (Lipinski definition) is 9. The van der Waals surface area contributed by atoms with Crippen LogP contribution in [0.15, 0.2) is 36.7 Å². The topological polar surface area (TPSA) is 90.7 Å². The van der Waals surface area contributed by atoms with E-state index in [0.717, 1.165) is 43.3 Å². The van der Waals surface area contributed by atoms with Gasteiger partial charge in [0.25, 0.3) is 0 Å².